The van der Waals surface area contributed by atoms with Crippen LogP contribution in [0.1, 0.15) is 37.0 Å². The molecule has 3 aromatic rings. The number of carbonyl (C=O) groups is 1. The van der Waals surface area contributed by atoms with Crippen LogP contribution in [-0.4, -0.2) is 49.8 Å². The van der Waals surface area contributed by atoms with Crippen molar-refractivity contribution >= 4 is 40.7 Å². The van der Waals surface area contributed by atoms with Gasteiger partial charge in [-0.15, -0.1) is 5.10 Å². The second kappa shape index (κ2) is 9.53. The van der Waals surface area contributed by atoms with Gasteiger partial charge in [-0.3, -0.25) is 10.1 Å². The zero-order valence-electron chi connectivity index (χ0n) is 16.3. The number of carbonyl (C=O) groups excluding carboxylic acids is 1. The highest BCUT2D eigenvalue weighted by molar-refractivity contribution is 6.31. The molecule has 9 nitrogen and oxygen atoms in total. The Bertz CT molecular complexity index is 975. The number of hydrogen-bond donors (Lipinski definition) is 4. The minimum Gasteiger partial charge on any atom is -0.396 e. The average molecular weight is 418 g/mol. The van der Waals surface area contributed by atoms with Gasteiger partial charge in [-0.2, -0.15) is 9.50 Å². The van der Waals surface area contributed by atoms with Crippen LogP contribution in [0.2, 0.25) is 5.02 Å². The van der Waals surface area contributed by atoms with Gasteiger partial charge in [0.05, 0.1) is 5.56 Å². The van der Waals surface area contributed by atoms with Crippen molar-refractivity contribution in [3.63, 3.8) is 0 Å². The molecule has 0 saturated heterocycles. The summed E-state index contributed by atoms with van der Waals surface area (Å²) in [5.41, 5.74) is 0.910. The molecule has 0 fully saturated rings. The van der Waals surface area contributed by atoms with Crippen molar-refractivity contribution in [2.75, 3.05) is 29.1 Å². The maximum absolute atomic E-state index is 12.5. The number of hydrogen-bond acceptors (Lipinski definition) is 7. The summed E-state index contributed by atoms with van der Waals surface area (Å²) in [7, 11) is 0. The van der Waals surface area contributed by atoms with E-state index in [1.165, 1.54) is 6.20 Å². The zero-order chi connectivity index (χ0) is 20.8. The maximum atomic E-state index is 12.5. The molecule has 3 heterocycles. The molecule has 0 aliphatic heterocycles. The minimum absolute atomic E-state index is 0.110. The van der Waals surface area contributed by atoms with Crippen molar-refractivity contribution in [2.24, 2.45) is 0 Å². The van der Waals surface area contributed by atoms with Gasteiger partial charge in [0.1, 0.15) is 11.6 Å². The highest BCUT2D eigenvalue weighted by Crippen LogP contribution is 2.21. The van der Waals surface area contributed by atoms with E-state index in [1.807, 2.05) is 0 Å². The van der Waals surface area contributed by atoms with Gasteiger partial charge in [-0.1, -0.05) is 18.5 Å². The Balaban J connectivity index is 1.74. The van der Waals surface area contributed by atoms with Gasteiger partial charge < -0.3 is 15.7 Å². The van der Waals surface area contributed by atoms with Crippen LogP contribution in [0.4, 0.5) is 17.6 Å². The predicted octanol–water partition coefficient (Wildman–Crippen LogP) is 3.03. The Morgan fingerprint density at radius 1 is 1.34 bits per heavy atom. The number of amides is 1. The first-order valence-electron chi connectivity index (χ1n) is 9.45. The van der Waals surface area contributed by atoms with Crippen LogP contribution < -0.4 is 16.0 Å². The Labute approximate surface area is 173 Å². The Morgan fingerprint density at radius 3 is 2.86 bits per heavy atom. The van der Waals surface area contributed by atoms with E-state index >= 15 is 0 Å². The summed E-state index contributed by atoms with van der Waals surface area (Å²) in [5, 5.41) is 22.8. The van der Waals surface area contributed by atoms with Gasteiger partial charge in [0.15, 0.2) is 5.65 Å². The van der Waals surface area contributed by atoms with E-state index in [9.17, 15) is 4.79 Å². The fourth-order valence-corrected chi connectivity index (χ4v) is 2.76. The number of halogens is 1. The van der Waals surface area contributed by atoms with Crippen molar-refractivity contribution in [2.45, 2.75) is 32.7 Å². The third-order valence-electron chi connectivity index (χ3n) is 4.30. The van der Waals surface area contributed by atoms with E-state index in [-0.39, 0.29) is 24.5 Å². The van der Waals surface area contributed by atoms with Gasteiger partial charge in [0, 0.05) is 36.5 Å². The number of aliphatic hydroxyl groups excluding tert-OH is 1. The molecule has 0 spiro atoms. The van der Waals surface area contributed by atoms with Crippen LogP contribution in [0.5, 0.6) is 0 Å². The lowest BCUT2D eigenvalue weighted by atomic mass is 10.2. The molecule has 0 aliphatic carbocycles. The van der Waals surface area contributed by atoms with Crippen LogP contribution in [0.25, 0.3) is 5.65 Å². The Morgan fingerprint density at radius 2 is 2.17 bits per heavy atom. The second-order valence-electron chi connectivity index (χ2n) is 6.61. The van der Waals surface area contributed by atoms with Gasteiger partial charge in [-0.25, -0.2) is 4.98 Å². The van der Waals surface area contributed by atoms with Gasteiger partial charge in [0.2, 0.25) is 5.95 Å². The van der Waals surface area contributed by atoms with Crippen LogP contribution >= 0.6 is 11.6 Å². The molecule has 0 aromatic carbocycles. The second-order valence-corrected chi connectivity index (χ2v) is 7.04. The first-order valence-corrected chi connectivity index (χ1v) is 9.83. The van der Waals surface area contributed by atoms with E-state index in [0.717, 1.165) is 6.42 Å². The number of aliphatic hydroxyl groups is 1. The Hall–Kier alpha value is -2.91. The lowest BCUT2D eigenvalue weighted by Crippen LogP contribution is -2.16. The summed E-state index contributed by atoms with van der Waals surface area (Å²) in [6.45, 7) is 4.85. The normalized spacial score (nSPS) is 12.0. The summed E-state index contributed by atoms with van der Waals surface area (Å²) in [6, 6.07) is 7.05. The molecule has 0 saturated carbocycles. The molecule has 10 heteroatoms. The van der Waals surface area contributed by atoms with E-state index in [0.29, 0.717) is 40.8 Å². The number of pyridine rings is 2. The number of nitrogens with one attached hydrogen (secondary N) is 3. The molecule has 3 rings (SSSR count). The van der Waals surface area contributed by atoms with Crippen LogP contribution in [0.3, 0.4) is 0 Å². The molecule has 1 amide bonds. The van der Waals surface area contributed by atoms with Crippen molar-refractivity contribution in [1.29, 1.82) is 0 Å². The third-order valence-corrected chi connectivity index (χ3v) is 4.52. The monoisotopic (exact) mass is 417 g/mol. The largest absolute Gasteiger partial charge is 0.396 e. The summed E-state index contributed by atoms with van der Waals surface area (Å²) < 4.78 is 1.61. The quantitative estimate of drug-likeness (QED) is 0.395. The topological polar surface area (TPSA) is 116 Å². The lowest BCUT2D eigenvalue weighted by molar-refractivity contribution is 0.102. The first kappa shape index (κ1) is 20.8. The standard InChI is InChI=1S/C19H24ClN7O2/c1-3-12(2)23-16-9-14(20)10-17-24-19(26-27(16)17)25-18(29)13-5-6-15(22-11-13)21-7-4-8-28/h5-6,9-12,23,28H,3-4,7-8H2,1-2H3,(H,21,22)(H,25,26,29). The Kier molecular flexibility index (Phi) is 6.84. The summed E-state index contributed by atoms with van der Waals surface area (Å²) in [5.74, 6) is 1.15. The number of aromatic nitrogens is 4. The van der Waals surface area contributed by atoms with E-state index < -0.39 is 0 Å². The van der Waals surface area contributed by atoms with Crippen molar-refractivity contribution < 1.29 is 9.90 Å². The SMILES string of the molecule is CCC(C)Nc1cc(Cl)cc2nc(NC(=O)c3ccc(NCCCO)nc3)nn12. The van der Waals surface area contributed by atoms with Crippen LogP contribution in [0.15, 0.2) is 30.5 Å². The molecule has 1 atom stereocenters. The smallest absolute Gasteiger partial charge is 0.259 e. The number of anilines is 3. The van der Waals surface area contributed by atoms with Crippen molar-refractivity contribution in [3.05, 3.63) is 41.0 Å². The van der Waals surface area contributed by atoms with Crippen molar-refractivity contribution in [1.82, 2.24) is 19.6 Å². The van der Waals surface area contributed by atoms with Gasteiger partial charge >= 0.3 is 0 Å². The number of rotatable bonds is 9. The van der Waals surface area contributed by atoms with Crippen molar-refractivity contribution in [3.8, 4) is 0 Å². The lowest BCUT2D eigenvalue weighted by Gasteiger charge is -2.13. The molecule has 0 bridgehead atoms. The van der Waals surface area contributed by atoms with Gasteiger partial charge in [-0.05, 0) is 38.0 Å². The number of nitrogens with zero attached hydrogens (tertiary/aromatic N) is 4. The van der Waals surface area contributed by atoms with Crippen LogP contribution in [0, 0.1) is 0 Å². The first-order chi connectivity index (χ1) is 14.0. The average Bonchev–Trinajstić information content (AvgIpc) is 3.10. The summed E-state index contributed by atoms with van der Waals surface area (Å²) in [6.07, 6.45) is 3.03. The third kappa shape index (κ3) is 5.33. The highest BCUT2D eigenvalue weighted by Gasteiger charge is 2.14. The molecule has 4 N–H and O–H groups in total. The fraction of sp³-hybridized carbons (Fsp3) is 0.368. The summed E-state index contributed by atoms with van der Waals surface area (Å²) in [4.78, 5) is 21.0. The zero-order valence-corrected chi connectivity index (χ0v) is 17.1. The van der Waals surface area contributed by atoms with E-state index in [4.69, 9.17) is 16.7 Å². The maximum Gasteiger partial charge on any atom is 0.259 e. The molecule has 0 aliphatic rings. The van der Waals surface area contributed by atoms with Crippen LogP contribution in [-0.2, 0) is 0 Å². The molecular weight excluding hydrogens is 394 g/mol. The molecule has 3 aromatic heterocycles. The number of fused-ring (bicyclic) bond motifs is 1. The highest BCUT2D eigenvalue weighted by atomic mass is 35.5. The van der Waals surface area contributed by atoms with E-state index in [1.54, 1.807) is 28.8 Å². The van der Waals surface area contributed by atoms with Gasteiger partial charge in [0.25, 0.3) is 5.91 Å². The predicted molar refractivity (Wildman–Crippen MR) is 114 cm³/mol. The van der Waals surface area contributed by atoms with E-state index in [2.05, 4.69) is 44.9 Å². The molecule has 1 unspecified atom stereocenters. The molecular formula is C19H24ClN7O2. The molecule has 0 radical (unpaired) electrons. The minimum atomic E-state index is -0.363. The molecule has 154 valence electrons. The summed E-state index contributed by atoms with van der Waals surface area (Å²) >= 11 is 6.19. The molecule has 29 heavy (non-hydrogen) atoms. The fourth-order valence-electron chi connectivity index (χ4n) is 2.56.